The van der Waals surface area contributed by atoms with Gasteiger partial charge in [0.1, 0.15) is 5.84 Å². The molecule has 0 bridgehead atoms. The minimum absolute atomic E-state index is 0.00820. The molecule has 0 atom stereocenters. The molecule has 0 radical (unpaired) electrons. The van der Waals surface area contributed by atoms with Gasteiger partial charge in [-0.2, -0.15) is 5.26 Å². The smallest absolute Gasteiger partial charge is 0.116 e. The number of rotatable bonds is 3. The molecule has 1 rings (SSSR count). The van der Waals surface area contributed by atoms with E-state index in [-0.39, 0.29) is 5.84 Å². The number of nitriles is 1. The van der Waals surface area contributed by atoms with Crippen molar-refractivity contribution in [2.45, 2.75) is 13.8 Å². The minimum atomic E-state index is -0.00820. The normalized spacial score (nSPS) is 8.81. The molecule has 0 saturated heterocycles. The van der Waals surface area contributed by atoms with Gasteiger partial charge in [-0.15, -0.1) is 0 Å². The van der Waals surface area contributed by atoms with Crippen molar-refractivity contribution in [1.29, 1.82) is 10.7 Å². The van der Waals surface area contributed by atoms with Crippen LogP contribution in [0.5, 0.6) is 0 Å². The van der Waals surface area contributed by atoms with Gasteiger partial charge in [0.15, 0.2) is 0 Å². The maximum atomic E-state index is 8.55. The standard InChI is InChI=1S/C10H10N4.C2H6/c11-7-8-1-3-9(4-2-8)14-6-5-10(12)13;1-2/h1-6,14H,(H3,12,13);1-2H3/b6-5-;. The van der Waals surface area contributed by atoms with Crippen LogP contribution in [0.1, 0.15) is 19.4 Å². The highest BCUT2D eigenvalue weighted by molar-refractivity contribution is 5.88. The molecule has 0 spiro atoms. The van der Waals surface area contributed by atoms with Crippen LogP contribution in [0.3, 0.4) is 0 Å². The Kier molecular flexibility index (Phi) is 6.91. The second-order valence-electron chi connectivity index (χ2n) is 2.62. The average Bonchev–Trinajstić information content (AvgIpc) is 2.32. The van der Waals surface area contributed by atoms with Crippen molar-refractivity contribution >= 4 is 11.5 Å². The Balaban J connectivity index is 0.00000106. The maximum Gasteiger partial charge on any atom is 0.116 e. The lowest BCUT2D eigenvalue weighted by atomic mass is 10.2. The molecule has 4 nitrogen and oxygen atoms in total. The van der Waals surface area contributed by atoms with Crippen molar-refractivity contribution in [1.82, 2.24) is 0 Å². The van der Waals surface area contributed by atoms with E-state index in [2.05, 4.69) is 5.32 Å². The molecule has 0 unspecified atom stereocenters. The van der Waals surface area contributed by atoms with E-state index in [0.29, 0.717) is 5.56 Å². The molecule has 84 valence electrons. The highest BCUT2D eigenvalue weighted by Gasteiger charge is 1.89. The van der Waals surface area contributed by atoms with Gasteiger partial charge < -0.3 is 11.1 Å². The van der Waals surface area contributed by atoms with Gasteiger partial charge in [-0.3, -0.25) is 5.41 Å². The largest absolute Gasteiger partial charge is 0.384 e. The van der Waals surface area contributed by atoms with E-state index in [4.69, 9.17) is 16.4 Å². The molecular weight excluding hydrogens is 200 g/mol. The van der Waals surface area contributed by atoms with Gasteiger partial charge >= 0.3 is 0 Å². The molecule has 16 heavy (non-hydrogen) atoms. The fourth-order valence-electron chi connectivity index (χ4n) is 0.869. The number of nitrogens with zero attached hydrogens (tertiary/aromatic N) is 1. The van der Waals surface area contributed by atoms with Crippen molar-refractivity contribution in [3.8, 4) is 6.07 Å². The van der Waals surface area contributed by atoms with E-state index in [0.717, 1.165) is 5.69 Å². The molecule has 4 N–H and O–H groups in total. The summed E-state index contributed by atoms with van der Waals surface area (Å²) in [7, 11) is 0. The molecule has 0 saturated carbocycles. The Morgan fingerprint density at radius 2 is 1.94 bits per heavy atom. The first-order valence-corrected chi connectivity index (χ1v) is 4.99. The second kappa shape index (κ2) is 8.06. The number of amidine groups is 1. The van der Waals surface area contributed by atoms with E-state index in [1.54, 1.807) is 30.5 Å². The Labute approximate surface area is 95.9 Å². The van der Waals surface area contributed by atoms with E-state index >= 15 is 0 Å². The third-order valence-electron chi connectivity index (χ3n) is 1.53. The van der Waals surface area contributed by atoms with Crippen LogP contribution >= 0.6 is 0 Å². The summed E-state index contributed by atoms with van der Waals surface area (Å²) >= 11 is 0. The molecule has 0 aliphatic carbocycles. The zero-order valence-electron chi connectivity index (χ0n) is 9.49. The van der Waals surface area contributed by atoms with E-state index in [9.17, 15) is 0 Å². The van der Waals surface area contributed by atoms with Gasteiger partial charge in [-0.1, -0.05) is 13.8 Å². The van der Waals surface area contributed by atoms with Crippen LogP contribution in [0.25, 0.3) is 0 Å². The summed E-state index contributed by atoms with van der Waals surface area (Å²) in [6.07, 6.45) is 3.02. The number of hydrogen-bond acceptors (Lipinski definition) is 3. The molecule has 4 heteroatoms. The maximum absolute atomic E-state index is 8.55. The molecular formula is C12H16N4. The van der Waals surface area contributed by atoms with Gasteiger partial charge in [0.25, 0.3) is 0 Å². The first-order valence-electron chi connectivity index (χ1n) is 4.99. The number of nitrogens with two attached hydrogens (primary N) is 1. The van der Waals surface area contributed by atoms with Gasteiger partial charge in [0, 0.05) is 11.9 Å². The summed E-state index contributed by atoms with van der Waals surface area (Å²) in [5.41, 5.74) is 6.58. The lowest BCUT2D eigenvalue weighted by Crippen LogP contribution is -2.05. The molecule has 1 aromatic rings. The van der Waals surface area contributed by atoms with Crippen molar-refractivity contribution < 1.29 is 0 Å². The average molecular weight is 216 g/mol. The summed E-state index contributed by atoms with van der Waals surface area (Å²) in [5, 5.41) is 18.4. The van der Waals surface area contributed by atoms with E-state index in [1.165, 1.54) is 6.08 Å². The number of nitrogens with one attached hydrogen (secondary N) is 2. The molecule has 0 fully saturated rings. The monoisotopic (exact) mass is 216 g/mol. The molecule has 0 aromatic heterocycles. The van der Waals surface area contributed by atoms with Crippen LogP contribution in [0.15, 0.2) is 36.5 Å². The van der Waals surface area contributed by atoms with Gasteiger partial charge in [0.05, 0.1) is 11.6 Å². The van der Waals surface area contributed by atoms with Crippen LogP contribution in [-0.4, -0.2) is 5.84 Å². The number of benzene rings is 1. The summed E-state index contributed by atoms with van der Waals surface area (Å²) < 4.78 is 0. The Morgan fingerprint density at radius 3 is 2.38 bits per heavy atom. The van der Waals surface area contributed by atoms with Crippen molar-refractivity contribution in [2.75, 3.05) is 5.32 Å². The Hall–Kier alpha value is -2.28. The lowest BCUT2D eigenvalue weighted by molar-refractivity contribution is 1.45. The molecule has 0 aliphatic rings. The summed E-state index contributed by atoms with van der Waals surface area (Å²) in [4.78, 5) is 0. The van der Waals surface area contributed by atoms with Crippen LogP contribution in [0.4, 0.5) is 5.69 Å². The minimum Gasteiger partial charge on any atom is -0.384 e. The van der Waals surface area contributed by atoms with Crippen LogP contribution in [0, 0.1) is 16.7 Å². The third-order valence-corrected chi connectivity index (χ3v) is 1.53. The topological polar surface area (TPSA) is 85.7 Å². The van der Waals surface area contributed by atoms with Gasteiger partial charge in [-0.05, 0) is 30.3 Å². The quantitative estimate of drug-likeness (QED) is 0.535. The Morgan fingerprint density at radius 1 is 1.38 bits per heavy atom. The van der Waals surface area contributed by atoms with E-state index in [1.807, 2.05) is 19.9 Å². The zero-order chi connectivity index (χ0) is 12.4. The molecule has 0 aliphatic heterocycles. The first-order chi connectivity index (χ1) is 7.72. The molecule has 0 amide bonds. The molecule has 0 heterocycles. The van der Waals surface area contributed by atoms with E-state index < -0.39 is 0 Å². The third kappa shape index (κ3) is 5.45. The highest BCUT2D eigenvalue weighted by Crippen LogP contribution is 2.08. The summed E-state index contributed by atoms with van der Waals surface area (Å²) in [6.45, 7) is 4.00. The lowest BCUT2D eigenvalue weighted by Gasteiger charge is -1.99. The fourth-order valence-corrected chi connectivity index (χ4v) is 0.869. The van der Waals surface area contributed by atoms with Crippen molar-refractivity contribution in [2.24, 2.45) is 5.73 Å². The second-order valence-corrected chi connectivity index (χ2v) is 2.62. The fraction of sp³-hybridized carbons (Fsp3) is 0.167. The Bertz CT molecular complexity index is 384. The van der Waals surface area contributed by atoms with Crippen LogP contribution in [0.2, 0.25) is 0 Å². The number of anilines is 1. The molecule has 1 aromatic carbocycles. The van der Waals surface area contributed by atoms with Crippen molar-refractivity contribution in [3.63, 3.8) is 0 Å². The predicted molar refractivity (Wildman–Crippen MR) is 67.2 cm³/mol. The summed E-state index contributed by atoms with van der Waals surface area (Å²) in [5.74, 6) is -0.00820. The van der Waals surface area contributed by atoms with Crippen LogP contribution < -0.4 is 11.1 Å². The van der Waals surface area contributed by atoms with Crippen molar-refractivity contribution in [3.05, 3.63) is 42.1 Å². The summed E-state index contributed by atoms with van der Waals surface area (Å²) in [6, 6.07) is 9.01. The SMILES string of the molecule is CC.N#Cc1ccc(N/C=C\C(=N)N)cc1. The first kappa shape index (κ1) is 13.7. The van der Waals surface area contributed by atoms with Gasteiger partial charge in [-0.25, -0.2) is 0 Å². The number of hydrogen-bond donors (Lipinski definition) is 3. The van der Waals surface area contributed by atoms with Crippen LogP contribution in [-0.2, 0) is 0 Å². The van der Waals surface area contributed by atoms with Gasteiger partial charge in [0.2, 0.25) is 0 Å². The zero-order valence-corrected chi connectivity index (χ0v) is 9.49. The predicted octanol–water partition coefficient (Wildman–Crippen LogP) is 2.45. The highest BCUT2D eigenvalue weighted by atomic mass is 14.8.